The number of carbonyl (C=O) groups is 1. The van der Waals surface area contributed by atoms with Crippen LogP contribution in [0.1, 0.15) is 30.1 Å². The summed E-state index contributed by atoms with van der Waals surface area (Å²) in [5.74, 6) is 1.17. The lowest BCUT2D eigenvalue weighted by molar-refractivity contribution is 0.108. The summed E-state index contributed by atoms with van der Waals surface area (Å²) in [6.45, 7) is 2.69. The van der Waals surface area contributed by atoms with Crippen LogP contribution < -0.4 is 9.47 Å². The Kier molecular flexibility index (Phi) is 5.12. The number of halogens is 1. The summed E-state index contributed by atoms with van der Waals surface area (Å²) < 4.78 is 10.7. The van der Waals surface area contributed by atoms with Gasteiger partial charge in [-0.15, -0.1) is 0 Å². The van der Waals surface area contributed by atoms with Crippen LogP contribution in [0.5, 0.6) is 11.5 Å². The van der Waals surface area contributed by atoms with E-state index in [0.717, 1.165) is 12.8 Å². The van der Waals surface area contributed by atoms with Crippen LogP contribution in [-0.2, 0) is 0 Å². The van der Waals surface area contributed by atoms with Gasteiger partial charge < -0.3 is 9.47 Å². The number of methoxy groups -OCH3 is 1. The van der Waals surface area contributed by atoms with Gasteiger partial charge in [0.25, 0.3) is 5.24 Å². The number of benzene rings is 1. The Hall–Kier alpha value is -1.22. The van der Waals surface area contributed by atoms with Crippen molar-refractivity contribution in [2.24, 2.45) is 0 Å². The molecule has 3 nitrogen and oxygen atoms in total. The summed E-state index contributed by atoms with van der Waals surface area (Å²) in [5, 5.41) is -0.497. The number of rotatable bonds is 6. The van der Waals surface area contributed by atoms with Crippen molar-refractivity contribution in [2.45, 2.75) is 19.8 Å². The smallest absolute Gasteiger partial charge is 0.252 e. The quantitative estimate of drug-likeness (QED) is 0.567. The zero-order valence-corrected chi connectivity index (χ0v) is 10.2. The number of carbonyl (C=O) groups excluding carboxylic acids is 1. The minimum absolute atomic E-state index is 0.411. The van der Waals surface area contributed by atoms with Gasteiger partial charge in [-0.3, -0.25) is 4.79 Å². The lowest BCUT2D eigenvalue weighted by Crippen LogP contribution is -2.00. The first kappa shape index (κ1) is 12.8. The van der Waals surface area contributed by atoms with Crippen molar-refractivity contribution in [2.75, 3.05) is 13.7 Å². The van der Waals surface area contributed by atoms with Gasteiger partial charge in [-0.1, -0.05) is 13.3 Å². The summed E-state index contributed by atoms with van der Waals surface area (Å²) in [7, 11) is 1.56. The van der Waals surface area contributed by atoms with Gasteiger partial charge in [0.2, 0.25) is 0 Å². The highest BCUT2D eigenvalue weighted by Gasteiger charge is 2.09. The number of unbranched alkanes of at least 4 members (excludes halogenated alkanes) is 1. The second kappa shape index (κ2) is 6.38. The molecule has 0 fully saturated rings. The van der Waals surface area contributed by atoms with Crippen LogP contribution in [0.15, 0.2) is 18.2 Å². The zero-order chi connectivity index (χ0) is 12.0. The van der Waals surface area contributed by atoms with E-state index in [-0.39, 0.29) is 0 Å². The summed E-state index contributed by atoms with van der Waals surface area (Å²) in [6.07, 6.45) is 2.01. The molecule has 0 unspecified atom stereocenters. The number of ether oxygens (including phenoxy) is 2. The Morgan fingerprint density at radius 1 is 1.38 bits per heavy atom. The summed E-state index contributed by atoms with van der Waals surface area (Å²) in [5.41, 5.74) is 0.411. The average Bonchev–Trinajstić information content (AvgIpc) is 2.29. The van der Waals surface area contributed by atoms with Gasteiger partial charge in [-0.05, 0) is 36.2 Å². The Morgan fingerprint density at radius 3 is 2.69 bits per heavy atom. The van der Waals surface area contributed by atoms with E-state index in [1.165, 1.54) is 0 Å². The molecule has 0 atom stereocenters. The van der Waals surface area contributed by atoms with Gasteiger partial charge in [-0.25, -0.2) is 0 Å². The molecule has 0 heterocycles. The van der Waals surface area contributed by atoms with E-state index in [1.807, 2.05) is 0 Å². The standard InChI is InChI=1S/C12H15ClO3/c1-3-4-7-16-11-8-9(12(13)14)5-6-10(11)15-2/h5-6,8H,3-4,7H2,1-2H3. The first-order valence-electron chi connectivity index (χ1n) is 5.19. The maximum Gasteiger partial charge on any atom is 0.252 e. The van der Waals surface area contributed by atoms with Crippen molar-refractivity contribution in [3.05, 3.63) is 23.8 Å². The molecular formula is C12H15ClO3. The third-order valence-electron chi connectivity index (χ3n) is 2.15. The van der Waals surface area contributed by atoms with Crippen LogP contribution in [-0.4, -0.2) is 19.0 Å². The van der Waals surface area contributed by atoms with E-state index in [1.54, 1.807) is 25.3 Å². The molecule has 0 N–H and O–H groups in total. The molecule has 4 heteroatoms. The monoisotopic (exact) mass is 242 g/mol. The van der Waals surface area contributed by atoms with E-state index in [9.17, 15) is 4.79 Å². The van der Waals surface area contributed by atoms with E-state index >= 15 is 0 Å². The van der Waals surface area contributed by atoms with E-state index in [2.05, 4.69) is 6.92 Å². The predicted molar refractivity (Wildman–Crippen MR) is 63.6 cm³/mol. The molecule has 0 radical (unpaired) electrons. The molecule has 0 amide bonds. The van der Waals surface area contributed by atoms with Crippen molar-refractivity contribution in [1.82, 2.24) is 0 Å². The highest BCUT2D eigenvalue weighted by atomic mass is 35.5. The molecule has 0 saturated carbocycles. The Bertz CT molecular complexity index is 363. The molecule has 0 aliphatic heterocycles. The molecule has 0 aromatic heterocycles. The van der Waals surface area contributed by atoms with Gasteiger partial charge >= 0.3 is 0 Å². The summed E-state index contributed by atoms with van der Waals surface area (Å²) in [6, 6.07) is 4.89. The minimum atomic E-state index is -0.497. The van der Waals surface area contributed by atoms with Crippen LogP contribution in [0.3, 0.4) is 0 Å². The highest BCUT2D eigenvalue weighted by molar-refractivity contribution is 6.67. The lowest BCUT2D eigenvalue weighted by atomic mass is 10.2. The largest absolute Gasteiger partial charge is 0.493 e. The lowest BCUT2D eigenvalue weighted by Gasteiger charge is -2.10. The summed E-state index contributed by atoms with van der Waals surface area (Å²) >= 11 is 5.40. The first-order valence-corrected chi connectivity index (χ1v) is 5.57. The molecule has 0 bridgehead atoms. The molecule has 1 rings (SSSR count). The zero-order valence-electron chi connectivity index (χ0n) is 9.46. The second-order valence-electron chi connectivity index (χ2n) is 3.34. The number of hydrogen-bond acceptors (Lipinski definition) is 3. The van der Waals surface area contributed by atoms with Crippen molar-refractivity contribution >= 4 is 16.8 Å². The average molecular weight is 243 g/mol. The third-order valence-corrected chi connectivity index (χ3v) is 2.36. The molecule has 16 heavy (non-hydrogen) atoms. The van der Waals surface area contributed by atoms with Crippen LogP contribution in [0, 0.1) is 0 Å². The van der Waals surface area contributed by atoms with Gasteiger partial charge in [0.05, 0.1) is 13.7 Å². The maximum absolute atomic E-state index is 11.0. The second-order valence-corrected chi connectivity index (χ2v) is 3.68. The molecule has 1 aromatic rings. The maximum atomic E-state index is 11.0. The van der Waals surface area contributed by atoms with E-state index in [4.69, 9.17) is 21.1 Å². The van der Waals surface area contributed by atoms with Gasteiger partial charge in [0.15, 0.2) is 11.5 Å². The molecule has 0 spiro atoms. The molecule has 0 aliphatic rings. The Labute approximate surface area is 100 Å². The van der Waals surface area contributed by atoms with Crippen LogP contribution in [0.2, 0.25) is 0 Å². The van der Waals surface area contributed by atoms with E-state index < -0.39 is 5.24 Å². The summed E-state index contributed by atoms with van der Waals surface area (Å²) in [4.78, 5) is 11.0. The molecule has 88 valence electrons. The van der Waals surface area contributed by atoms with Crippen molar-refractivity contribution in [3.8, 4) is 11.5 Å². The topological polar surface area (TPSA) is 35.5 Å². The Balaban J connectivity index is 2.84. The highest BCUT2D eigenvalue weighted by Crippen LogP contribution is 2.28. The van der Waals surface area contributed by atoms with E-state index in [0.29, 0.717) is 23.7 Å². The first-order chi connectivity index (χ1) is 7.69. The van der Waals surface area contributed by atoms with Gasteiger partial charge in [0.1, 0.15) is 0 Å². The van der Waals surface area contributed by atoms with Gasteiger partial charge in [-0.2, -0.15) is 0 Å². The fourth-order valence-electron chi connectivity index (χ4n) is 1.24. The van der Waals surface area contributed by atoms with Crippen LogP contribution in [0.4, 0.5) is 0 Å². The van der Waals surface area contributed by atoms with Crippen molar-refractivity contribution in [3.63, 3.8) is 0 Å². The van der Waals surface area contributed by atoms with Crippen molar-refractivity contribution < 1.29 is 14.3 Å². The predicted octanol–water partition coefficient (Wildman–Crippen LogP) is 3.25. The van der Waals surface area contributed by atoms with Crippen LogP contribution in [0.25, 0.3) is 0 Å². The fraction of sp³-hybridized carbons (Fsp3) is 0.417. The normalized spacial score (nSPS) is 9.94. The molecule has 0 saturated heterocycles. The number of hydrogen-bond donors (Lipinski definition) is 0. The Morgan fingerprint density at radius 2 is 2.12 bits per heavy atom. The fourth-order valence-corrected chi connectivity index (χ4v) is 1.36. The molecular weight excluding hydrogens is 228 g/mol. The molecule has 0 aliphatic carbocycles. The van der Waals surface area contributed by atoms with Crippen molar-refractivity contribution in [1.29, 1.82) is 0 Å². The molecule has 1 aromatic carbocycles. The SMILES string of the molecule is CCCCOc1cc(C(=O)Cl)ccc1OC. The third kappa shape index (κ3) is 3.42. The minimum Gasteiger partial charge on any atom is -0.493 e. The van der Waals surface area contributed by atoms with Gasteiger partial charge in [0, 0.05) is 5.56 Å². The van der Waals surface area contributed by atoms with Crippen LogP contribution >= 0.6 is 11.6 Å².